The molecule has 0 aliphatic rings. The van der Waals surface area contributed by atoms with Gasteiger partial charge >= 0.3 is 11.9 Å². The van der Waals surface area contributed by atoms with E-state index in [0.29, 0.717) is 25.7 Å². The lowest BCUT2D eigenvalue weighted by molar-refractivity contribution is -0.173. The molecule has 0 atom stereocenters. The third-order valence-corrected chi connectivity index (χ3v) is 3.28. The van der Waals surface area contributed by atoms with Gasteiger partial charge in [0, 0.05) is 0 Å². The molecule has 4 heteroatoms. The van der Waals surface area contributed by atoms with Crippen molar-refractivity contribution in [2.75, 3.05) is 13.2 Å². The number of carbonyl (C=O) groups excluding carboxylic acids is 2. The number of rotatable bonds is 10. The summed E-state index contributed by atoms with van der Waals surface area (Å²) in [6, 6.07) is 0. The number of carbonyl (C=O) groups is 2. The summed E-state index contributed by atoms with van der Waals surface area (Å²) in [5.74, 6) is -0.949. The topological polar surface area (TPSA) is 52.6 Å². The average molecular weight is 296 g/mol. The predicted octanol–water partition coefficient (Wildman–Crippen LogP) is 3.81. The van der Waals surface area contributed by atoms with Crippen LogP contribution in [0.2, 0.25) is 0 Å². The fraction of sp³-hybridized carbons (Fsp3) is 0.647. The first-order valence-electron chi connectivity index (χ1n) is 7.65. The molecule has 0 rings (SSSR count). The molecule has 0 aromatic rings. The van der Waals surface area contributed by atoms with E-state index < -0.39 is 17.4 Å². The van der Waals surface area contributed by atoms with Gasteiger partial charge in [-0.15, -0.1) is 0 Å². The van der Waals surface area contributed by atoms with Gasteiger partial charge in [0.15, 0.2) is 5.41 Å². The molecule has 0 saturated carbocycles. The molecule has 21 heavy (non-hydrogen) atoms. The Kier molecular flexibility index (Phi) is 10.3. The summed E-state index contributed by atoms with van der Waals surface area (Å²) in [6.45, 7) is 7.82. The van der Waals surface area contributed by atoms with Crippen LogP contribution in [0.3, 0.4) is 0 Å². The second-order valence-electron chi connectivity index (χ2n) is 4.74. The highest BCUT2D eigenvalue weighted by molar-refractivity contribution is 6.00. The highest BCUT2D eigenvalue weighted by Gasteiger charge is 2.47. The highest BCUT2D eigenvalue weighted by atomic mass is 16.6. The van der Waals surface area contributed by atoms with Crippen molar-refractivity contribution in [3.63, 3.8) is 0 Å². The van der Waals surface area contributed by atoms with Gasteiger partial charge in [-0.2, -0.15) is 0 Å². The molecule has 4 nitrogen and oxygen atoms in total. The molecule has 0 spiro atoms. The lowest BCUT2D eigenvalue weighted by Gasteiger charge is -2.28. The third-order valence-electron chi connectivity index (χ3n) is 3.28. The molecule has 0 radical (unpaired) electrons. The summed E-state index contributed by atoms with van der Waals surface area (Å²) in [5, 5.41) is 0. The number of ether oxygens (including phenoxy) is 2. The second-order valence-corrected chi connectivity index (χ2v) is 4.74. The molecule has 120 valence electrons. The van der Waals surface area contributed by atoms with E-state index in [4.69, 9.17) is 9.47 Å². The third kappa shape index (κ3) is 6.15. The molecule has 0 aromatic heterocycles. The molecule has 0 unspecified atom stereocenters. The number of hydrogen-bond acceptors (Lipinski definition) is 4. The van der Waals surface area contributed by atoms with Crippen LogP contribution in [0.4, 0.5) is 0 Å². The first-order valence-corrected chi connectivity index (χ1v) is 7.65. The largest absolute Gasteiger partial charge is 0.465 e. The molecule has 0 N–H and O–H groups in total. The van der Waals surface area contributed by atoms with Gasteiger partial charge in [0.05, 0.1) is 13.2 Å². The van der Waals surface area contributed by atoms with E-state index in [1.807, 2.05) is 38.2 Å². The Hall–Kier alpha value is -1.58. The number of esters is 2. The van der Waals surface area contributed by atoms with Crippen LogP contribution in [0.25, 0.3) is 0 Å². The van der Waals surface area contributed by atoms with Crippen LogP contribution in [0.15, 0.2) is 24.3 Å². The SMILES string of the molecule is C/C=C/CCC(CC/C=C/C)(C(=O)OCC)C(=O)OCC. The van der Waals surface area contributed by atoms with Crippen LogP contribution in [0.5, 0.6) is 0 Å². The maximum absolute atomic E-state index is 12.4. The highest BCUT2D eigenvalue weighted by Crippen LogP contribution is 2.34. The first-order chi connectivity index (χ1) is 10.1. The van der Waals surface area contributed by atoms with E-state index in [0.717, 1.165) is 0 Å². The van der Waals surface area contributed by atoms with Crippen molar-refractivity contribution in [2.45, 2.75) is 53.4 Å². The van der Waals surface area contributed by atoms with Crippen LogP contribution in [-0.4, -0.2) is 25.2 Å². The van der Waals surface area contributed by atoms with E-state index in [2.05, 4.69) is 0 Å². The number of hydrogen-bond donors (Lipinski definition) is 0. The molecule has 0 aromatic carbocycles. The zero-order valence-corrected chi connectivity index (χ0v) is 13.7. The quantitative estimate of drug-likeness (QED) is 0.349. The molecular weight excluding hydrogens is 268 g/mol. The molecule has 0 bridgehead atoms. The lowest BCUT2D eigenvalue weighted by atomic mass is 9.78. The molecule has 0 aliphatic carbocycles. The summed E-state index contributed by atoms with van der Waals surface area (Å²) < 4.78 is 10.3. The van der Waals surface area contributed by atoms with Gasteiger partial charge in [-0.25, -0.2) is 0 Å². The Morgan fingerprint density at radius 1 is 0.857 bits per heavy atom. The van der Waals surface area contributed by atoms with Crippen molar-refractivity contribution in [3.05, 3.63) is 24.3 Å². The van der Waals surface area contributed by atoms with Crippen LogP contribution in [0, 0.1) is 5.41 Å². The first kappa shape index (κ1) is 19.4. The Balaban J connectivity index is 5.33. The maximum atomic E-state index is 12.4. The minimum atomic E-state index is -1.20. The standard InChI is InChI=1S/C17H28O4/c1-5-9-11-13-17(14-12-10-6-2,15(18)20-7-3)16(19)21-8-4/h5-6,9-10H,7-8,11-14H2,1-4H3/b9-5+,10-6+. The van der Waals surface area contributed by atoms with Gasteiger partial charge in [-0.3, -0.25) is 9.59 Å². The van der Waals surface area contributed by atoms with Crippen molar-refractivity contribution in [2.24, 2.45) is 5.41 Å². The zero-order chi connectivity index (χ0) is 16.1. The summed E-state index contributed by atoms with van der Waals surface area (Å²) in [7, 11) is 0. The Labute approximate surface area is 128 Å². The van der Waals surface area contributed by atoms with Crippen molar-refractivity contribution < 1.29 is 19.1 Å². The molecule has 0 aliphatic heterocycles. The van der Waals surface area contributed by atoms with Crippen molar-refractivity contribution in [1.82, 2.24) is 0 Å². The molecule has 0 amide bonds. The van der Waals surface area contributed by atoms with Crippen molar-refractivity contribution in [3.8, 4) is 0 Å². The summed E-state index contributed by atoms with van der Waals surface area (Å²) in [5.41, 5.74) is -1.20. The van der Waals surface area contributed by atoms with Crippen molar-refractivity contribution >= 4 is 11.9 Å². The minimum Gasteiger partial charge on any atom is -0.465 e. The maximum Gasteiger partial charge on any atom is 0.323 e. The predicted molar refractivity (Wildman–Crippen MR) is 83.8 cm³/mol. The van der Waals surface area contributed by atoms with Gasteiger partial charge in [0.25, 0.3) is 0 Å². The summed E-state index contributed by atoms with van der Waals surface area (Å²) >= 11 is 0. The average Bonchev–Trinajstić information content (AvgIpc) is 2.46. The van der Waals surface area contributed by atoms with Gasteiger partial charge in [0.1, 0.15) is 0 Å². The van der Waals surface area contributed by atoms with E-state index in [1.54, 1.807) is 13.8 Å². The lowest BCUT2D eigenvalue weighted by Crippen LogP contribution is -2.42. The van der Waals surface area contributed by atoms with Gasteiger partial charge < -0.3 is 9.47 Å². The Morgan fingerprint density at radius 3 is 1.52 bits per heavy atom. The smallest absolute Gasteiger partial charge is 0.323 e. The van der Waals surface area contributed by atoms with Gasteiger partial charge in [-0.1, -0.05) is 24.3 Å². The minimum absolute atomic E-state index is 0.257. The van der Waals surface area contributed by atoms with Crippen LogP contribution < -0.4 is 0 Å². The second kappa shape index (κ2) is 11.1. The van der Waals surface area contributed by atoms with Crippen LogP contribution in [0.1, 0.15) is 53.4 Å². The fourth-order valence-corrected chi connectivity index (χ4v) is 2.15. The van der Waals surface area contributed by atoms with Crippen LogP contribution >= 0.6 is 0 Å². The number of allylic oxidation sites excluding steroid dienone is 4. The van der Waals surface area contributed by atoms with E-state index in [1.165, 1.54) is 0 Å². The molecule has 0 heterocycles. The summed E-state index contributed by atoms with van der Waals surface area (Å²) in [6.07, 6.45) is 9.82. The van der Waals surface area contributed by atoms with E-state index in [-0.39, 0.29) is 13.2 Å². The summed E-state index contributed by atoms with van der Waals surface area (Å²) in [4.78, 5) is 24.8. The monoisotopic (exact) mass is 296 g/mol. The zero-order valence-electron chi connectivity index (χ0n) is 13.7. The van der Waals surface area contributed by atoms with E-state index in [9.17, 15) is 9.59 Å². The van der Waals surface area contributed by atoms with Gasteiger partial charge in [-0.05, 0) is 53.4 Å². The molecule has 0 saturated heterocycles. The normalized spacial score (nSPS) is 12.0. The molecule has 0 fully saturated rings. The van der Waals surface area contributed by atoms with E-state index >= 15 is 0 Å². The Bertz CT molecular complexity index is 333. The van der Waals surface area contributed by atoms with Crippen molar-refractivity contribution in [1.29, 1.82) is 0 Å². The fourth-order valence-electron chi connectivity index (χ4n) is 2.15. The molecular formula is C17H28O4. The van der Waals surface area contributed by atoms with Crippen LogP contribution in [-0.2, 0) is 19.1 Å². The van der Waals surface area contributed by atoms with Gasteiger partial charge in [0.2, 0.25) is 0 Å². The Morgan fingerprint density at radius 2 is 1.24 bits per heavy atom.